The number of rotatable bonds is 6. The molecule has 2 aromatic rings. The highest BCUT2D eigenvalue weighted by Crippen LogP contribution is 2.25. The molecule has 0 spiro atoms. The fourth-order valence-electron chi connectivity index (χ4n) is 3.13. The molecule has 2 aromatic carbocycles. The quantitative estimate of drug-likeness (QED) is 0.708. The molecular weight excluding hydrogens is 386 g/mol. The number of morpholine rings is 1. The van der Waals surface area contributed by atoms with Gasteiger partial charge in [-0.25, -0.2) is 4.79 Å². The van der Waals surface area contributed by atoms with Gasteiger partial charge in [0.1, 0.15) is 0 Å². The summed E-state index contributed by atoms with van der Waals surface area (Å²) in [5.74, 6) is -0.982. The third-order valence-corrected chi connectivity index (χ3v) is 4.79. The number of hydrogen-bond donors (Lipinski definition) is 2. The molecule has 1 saturated heterocycles. The standard InChI is InChI=1S/C22H25N3O5/c1-15(26)23-14-16-3-5-17(6-4-16)21(27)24-20-8-7-18(13-19(20)22(28)29-2)25-9-11-30-12-10-25/h3-8,13H,9-12,14H2,1-2H3,(H,23,26)(H,24,27). The average molecular weight is 411 g/mol. The number of anilines is 2. The lowest BCUT2D eigenvalue weighted by atomic mass is 10.1. The van der Waals surface area contributed by atoms with Crippen LogP contribution in [0.2, 0.25) is 0 Å². The van der Waals surface area contributed by atoms with Crippen molar-refractivity contribution >= 4 is 29.2 Å². The number of hydrogen-bond acceptors (Lipinski definition) is 6. The number of esters is 1. The number of benzene rings is 2. The number of carbonyl (C=O) groups is 3. The Kier molecular flexibility index (Phi) is 7.03. The molecule has 1 aliphatic rings. The number of nitrogens with one attached hydrogen (secondary N) is 2. The zero-order valence-corrected chi connectivity index (χ0v) is 17.1. The lowest BCUT2D eigenvalue weighted by molar-refractivity contribution is -0.119. The van der Waals surface area contributed by atoms with Crippen molar-refractivity contribution in [3.8, 4) is 0 Å². The number of amides is 2. The lowest BCUT2D eigenvalue weighted by Crippen LogP contribution is -2.36. The first-order valence-corrected chi connectivity index (χ1v) is 9.67. The Balaban J connectivity index is 1.76. The highest BCUT2D eigenvalue weighted by molar-refractivity contribution is 6.08. The second-order valence-corrected chi connectivity index (χ2v) is 6.88. The Morgan fingerprint density at radius 1 is 1.07 bits per heavy atom. The predicted octanol–water partition coefficient (Wildman–Crippen LogP) is 2.20. The van der Waals surface area contributed by atoms with Crippen LogP contribution < -0.4 is 15.5 Å². The van der Waals surface area contributed by atoms with Gasteiger partial charge in [0.2, 0.25) is 5.91 Å². The van der Waals surface area contributed by atoms with Gasteiger partial charge in [0.15, 0.2) is 0 Å². The minimum atomic E-state index is -0.522. The first kappa shape index (κ1) is 21.3. The molecule has 30 heavy (non-hydrogen) atoms. The lowest BCUT2D eigenvalue weighted by Gasteiger charge is -2.29. The van der Waals surface area contributed by atoms with Gasteiger partial charge < -0.3 is 25.0 Å². The van der Waals surface area contributed by atoms with Gasteiger partial charge in [-0.2, -0.15) is 0 Å². The van der Waals surface area contributed by atoms with Crippen LogP contribution in [0.25, 0.3) is 0 Å². The molecule has 8 nitrogen and oxygen atoms in total. The molecule has 1 heterocycles. The SMILES string of the molecule is COC(=O)c1cc(N2CCOCC2)ccc1NC(=O)c1ccc(CNC(C)=O)cc1. The Labute approximate surface area is 175 Å². The number of carbonyl (C=O) groups excluding carboxylic acids is 3. The first-order chi connectivity index (χ1) is 14.5. The monoisotopic (exact) mass is 411 g/mol. The molecule has 0 aromatic heterocycles. The van der Waals surface area contributed by atoms with Crippen LogP contribution in [0.3, 0.4) is 0 Å². The van der Waals surface area contributed by atoms with Crippen LogP contribution in [0.1, 0.15) is 33.2 Å². The second-order valence-electron chi connectivity index (χ2n) is 6.88. The molecule has 0 aliphatic carbocycles. The van der Waals surface area contributed by atoms with Crippen molar-refractivity contribution in [2.75, 3.05) is 43.6 Å². The van der Waals surface area contributed by atoms with Crippen molar-refractivity contribution in [3.63, 3.8) is 0 Å². The van der Waals surface area contributed by atoms with Gasteiger partial charge >= 0.3 is 5.97 Å². The van der Waals surface area contributed by atoms with Gasteiger partial charge in [-0.1, -0.05) is 12.1 Å². The third-order valence-electron chi connectivity index (χ3n) is 4.79. The summed E-state index contributed by atoms with van der Waals surface area (Å²) in [4.78, 5) is 38.1. The fourth-order valence-corrected chi connectivity index (χ4v) is 3.13. The van der Waals surface area contributed by atoms with Crippen molar-refractivity contribution in [3.05, 3.63) is 59.2 Å². The van der Waals surface area contributed by atoms with Gasteiger partial charge in [-0.3, -0.25) is 9.59 Å². The molecule has 3 rings (SSSR count). The molecule has 2 amide bonds. The third kappa shape index (κ3) is 5.36. The van der Waals surface area contributed by atoms with E-state index in [0.29, 0.717) is 31.0 Å². The second kappa shape index (κ2) is 9.89. The highest BCUT2D eigenvalue weighted by Gasteiger charge is 2.19. The van der Waals surface area contributed by atoms with Crippen LogP contribution in [0, 0.1) is 0 Å². The van der Waals surface area contributed by atoms with Gasteiger partial charge in [0.05, 0.1) is 31.6 Å². The minimum absolute atomic E-state index is 0.118. The molecule has 0 bridgehead atoms. The van der Waals surface area contributed by atoms with Crippen LogP contribution in [-0.4, -0.2) is 51.2 Å². The van der Waals surface area contributed by atoms with Crippen molar-refractivity contribution < 1.29 is 23.9 Å². The normalized spacial score (nSPS) is 13.5. The van der Waals surface area contributed by atoms with Gasteiger partial charge in [0, 0.05) is 37.8 Å². The van der Waals surface area contributed by atoms with Crippen molar-refractivity contribution in [1.29, 1.82) is 0 Å². The maximum atomic E-state index is 12.7. The summed E-state index contributed by atoms with van der Waals surface area (Å²) in [6.07, 6.45) is 0. The Morgan fingerprint density at radius 2 is 1.77 bits per heavy atom. The zero-order chi connectivity index (χ0) is 21.5. The summed E-state index contributed by atoms with van der Waals surface area (Å²) in [6.45, 7) is 4.57. The van der Waals surface area contributed by atoms with E-state index in [-0.39, 0.29) is 17.4 Å². The Morgan fingerprint density at radius 3 is 2.40 bits per heavy atom. The number of ether oxygens (including phenoxy) is 2. The van der Waals surface area contributed by atoms with Crippen molar-refractivity contribution in [2.45, 2.75) is 13.5 Å². The molecular formula is C22H25N3O5. The average Bonchev–Trinajstić information content (AvgIpc) is 2.78. The molecule has 0 saturated carbocycles. The van der Waals surface area contributed by atoms with Gasteiger partial charge in [-0.15, -0.1) is 0 Å². The van der Waals surface area contributed by atoms with E-state index in [9.17, 15) is 14.4 Å². The smallest absolute Gasteiger partial charge is 0.340 e. The van der Waals surface area contributed by atoms with Crippen LogP contribution in [0.4, 0.5) is 11.4 Å². The summed E-state index contributed by atoms with van der Waals surface area (Å²) in [6, 6.07) is 12.2. The van der Waals surface area contributed by atoms with Crippen molar-refractivity contribution in [1.82, 2.24) is 5.32 Å². The molecule has 0 unspecified atom stereocenters. The van der Waals surface area contributed by atoms with E-state index in [1.807, 2.05) is 6.07 Å². The van der Waals surface area contributed by atoms with E-state index < -0.39 is 5.97 Å². The topological polar surface area (TPSA) is 97.0 Å². The van der Waals surface area contributed by atoms with E-state index in [2.05, 4.69) is 15.5 Å². The summed E-state index contributed by atoms with van der Waals surface area (Å²) in [5.41, 5.74) is 2.86. The number of nitrogens with zero attached hydrogens (tertiary/aromatic N) is 1. The van der Waals surface area contributed by atoms with Gasteiger partial charge in [0.25, 0.3) is 5.91 Å². The summed E-state index contributed by atoms with van der Waals surface area (Å²) in [7, 11) is 1.31. The number of methoxy groups -OCH3 is 1. The molecule has 1 aliphatic heterocycles. The van der Waals surface area contributed by atoms with E-state index >= 15 is 0 Å². The molecule has 0 atom stereocenters. The van der Waals surface area contributed by atoms with Crippen molar-refractivity contribution in [2.24, 2.45) is 0 Å². The van der Waals surface area contributed by atoms with E-state index in [1.165, 1.54) is 14.0 Å². The maximum absolute atomic E-state index is 12.7. The van der Waals surface area contributed by atoms with E-state index in [0.717, 1.165) is 24.3 Å². The Hall–Kier alpha value is -3.39. The summed E-state index contributed by atoms with van der Waals surface area (Å²) in [5, 5.41) is 5.50. The van der Waals surface area contributed by atoms with Gasteiger partial charge in [-0.05, 0) is 35.9 Å². The summed E-state index contributed by atoms with van der Waals surface area (Å²) < 4.78 is 10.3. The van der Waals surface area contributed by atoms with Crippen LogP contribution in [0.5, 0.6) is 0 Å². The molecule has 8 heteroatoms. The minimum Gasteiger partial charge on any atom is -0.465 e. The van der Waals surface area contributed by atoms with Crippen LogP contribution >= 0.6 is 0 Å². The van der Waals surface area contributed by atoms with Crippen LogP contribution in [-0.2, 0) is 20.8 Å². The zero-order valence-electron chi connectivity index (χ0n) is 17.1. The fraction of sp³-hybridized carbons (Fsp3) is 0.318. The Bertz CT molecular complexity index is 921. The molecule has 158 valence electrons. The molecule has 0 radical (unpaired) electrons. The summed E-state index contributed by atoms with van der Waals surface area (Å²) >= 11 is 0. The molecule has 1 fully saturated rings. The van der Waals surface area contributed by atoms with E-state index in [4.69, 9.17) is 9.47 Å². The predicted molar refractivity (Wildman–Crippen MR) is 113 cm³/mol. The van der Waals surface area contributed by atoms with E-state index in [1.54, 1.807) is 36.4 Å². The van der Waals surface area contributed by atoms with Crippen LogP contribution in [0.15, 0.2) is 42.5 Å². The first-order valence-electron chi connectivity index (χ1n) is 9.67. The molecule has 2 N–H and O–H groups in total. The largest absolute Gasteiger partial charge is 0.465 e. The highest BCUT2D eigenvalue weighted by atomic mass is 16.5. The maximum Gasteiger partial charge on any atom is 0.340 e.